The number of hydrogen-bond donors (Lipinski definition) is 1. The number of hydrogen-bond acceptors (Lipinski definition) is 2. The molecule has 1 saturated heterocycles. The zero-order valence-corrected chi connectivity index (χ0v) is 10.3. The van der Waals surface area contributed by atoms with Gasteiger partial charge in [-0.3, -0.25) is 4.90 Å². The maximum Gasteiger partial charge on any atom is 0.401 e. The maximum absolute atomic E-state index is 12.2. The predicted molar refractivity (Wildman–Crippen MR) is 60.9 cm³/mol. The van der Waals surface area contributed by atoms with E-state index in [1.807, 2.05) is 0 Å². The summed E-state index contributed by atoms with van der Waals surface area (Å²) in [5.41, 5.74) is 0.475. The Bertz CT molecular complexity index is 253. The monoisotopic (exact) mass is 250 g/mol. The van der Waals surface area contributed by atoms with Crippen molar-refractivity contribution in [3.63, 3.8) is 0 Å². The minimum absolute atomic E-state index is 0.414. The van der Waals surface area contributed by atoms with E-state index in [9.17, 15) is 13.2 Å². The van der Waals surface area contributed by atoms with Gasteiger partial charge < -0.3 is 5.32 Å². The summed E-state index contributed by atoms with van der Waals surface area (Å²) in [4.78, 5) is 1.51. The van der Waals surface area contributed by atoms with Crippen LogP contribution in [0.1, 0.15) is 32.6 Å². The Morgan fingerprint density at radius 1 is 1.24 bits per heavy atom. The van der Waals surface area contributed by atoms with Crippen molar-refractivity contribution in [1.82, 2.24) is 10.2 Å². The van der Waals surface area contributed by atoms with Gasteiger partial charge in [0.05, 0.1) is 6.54 Å². The van der Waals surface area contributed by atoms with Gasteiger partial charge in [-0.2, -0.15) is 13.2 Å². The molecule has 0 aromatic carbocycles. The molecule has 0 radical (unpaired) electrons. The Balaban J connectivity index is 1.64. The van der Waals surface area contributed by atoms with Gasteiger partial charge in [0.15, 0.2) is 0 Å². The highest BCUT2D eigenvalue weighted by atomic mass is 19.4. The molecule has 1 aliphatic heterocycles. The summed E-state index contributed by atoms with van der Waals surface area (Å²) in [6.45, 7) is 3.66. The van der Waals surface area contributed by atoms with E-state index in [4.69, 9.17) is 0 Å². The molecular formula is C12H21F3N2. The average molecular weight is 250 g/mol. The summed E-state index contributed by atoms with van der Waals surface area (Å²) < 4.78 is 36.6. The van der Waals surface area contributed by atoms with E-state index in [1.54, 1.807) is 0 Å². The van der Waals surface area contributed by atoms with Crippen LogP contribution in [-0.2, 0) is 0 Å². The lowest BCUT2D eigenvalue weighted by Gasteiger charge is -2.33. The van der Waals surface area contributed by atoms with Gasteiger partial charge in [-0.1, -0.05) is 6.92 Å². The number of rotatable bonds is 4. The first-order chi connectivity index (χ1) is 7.86. The Labute approximate surface area is 101 Å². The summed E-state index contributed by atoms with van der Waals surface area (Å²) in [5, 5.41) is 3.50. The van der Waals surface area contributed by atoms with Crippen LogP contribution in [0.15, 0.2) is 0 Å². The van der Waals surface area contributed by atoms with Crippen molar-refractivity contribution in [1.29, 1.82) is 0 Å². The highest BCUT2D eigenvalue weighted by Crippen LogP contribution is 2.44. The molecule has 17 heavy (non-hydrogen) atoms. The standard InChI is InChI=1S/C12H21F3N2/c1-11(4-5-11)8-16-10-2-6-17(7-3-10)9-12(13,14)15/h10,16H,2-9H2,1H3. The molecule has 100 valence electrons. The van der Waals surface area contributed by atoms with E-state index in [-0.39, 0.29) is 0 Å². The van der Waals surface area contributed by atoms with Crippen LogP contribution in [0.3, 0.4) is 0 Å². The van der Waals surface area contributed by atoms with Gasteiger partial charge in [0.2, 0.25) is 0 Å². The molecule has 0 atom stereocenters. The zero-order valence-electron chi connectivity index (χ0n) is 10.3. The van der Waals surface area contributed by atoms with Gasteiger partial charge in [-0.05, 0) is 44.2 Å². The summed E-state index contributed by atoms with van der Waals surface area (Å²) in [6.07, 6.45) is 0.194. The second-order valence-corrected chi connectivity index (χ2v) is 5.86. The quantitative estimate of drug-likeness (QED) is 0.824. The van der Waals surface area contributed by atoms with Gasteiger partial charge in [-0.25, -0.2) is 0 Å². The van der Waals surface area contributed by atoms with E-state index >= 15 is 0 Å². The molecule has 2 nitrogen and oxygen atoms in total. The first-order valence-electron chi connectivity index (χ1n) is 6.39. The molecule has 2 rings (SSSR count). The van der Waals surface area contributed by atoms with Crippen molar-refractivity contribution < 1.29 is 13.2 Å². The van der Waals surface area contributed by atoms with Crippen LogP contribution in [0.2, 0.25) is 0 Å². The number of likely N-dealkylation sites (tertiary alicyclic amines) is 1. The number of piperidine rings is 1. The van der Waals surface area contributed by atoms with Crippen molar-refractivity contribution in [3.8, 4) is 0 Å². The molecule has 1 heterocycles. The maximum atomic E-state index is 12.2. The molecular weight excluding hydrogens is 229 g/mol. The van der Waals surface area contributed by atoms with Crippen molar-refractivity contribution in [2.45, 2.75) is 44.8 Å². The van der Waals surface area contributed by atoms with Crippen LogP contribution in [0.5, 0.6) is 0 Å². The van der Waals surface area contributed by atoms with Crippen LogP contribution in [-0.4, -0.2) is 43.3 Å². The second kappa shape index (κ2) is 4.76. The van der Waals surface area contributed by atoms with Crippen LogP contribution >= 0.6 is 0 Å². The Morgan fingerprint density at radius 3 is 2.29 bits per heavy atom. The Hall–Kier alpha value is -0.290. The molecule has 5 heteroatoms. The third-order valence-electron chi connectivity index (χ3n) is 3.91. The normalized spacial score (nSPS) is 26.1. The number of halogens is 3. The molecule has 1 N–H and O–H groups in total. The summed E-state index contributed by atoms with van der Waals surface area (Å²) >= 11 is 0. The van der Waals surface area contributed by atoms with Crippen molar-refractivity contribution in [2.24, 2.45) is 5.41 Å². The highest BCUT2D eigenvalue weighted by Gasteiger charge is 2.38. The third-order valence-corrected chi connectivity index (χ3v) is 3.91. The molecule has 0 bridgehead atoms. The summed E-state index contributed by atoms with van der Waals surface area (Å²) in [6, 6.07) is 0.414. The number of nitrogens with zero attached hydrogens (tertiary/aromatic N) is 1. The second-order valence-electron chi connectivity index (χ2n) is 5.86. The fourth-order valence-corrected chi connectivity index (χ4v) is 2.33. The Morgan fingerprint density at radius 2 is 1.82 bits per heavy atom. The Kier molecular flexibility index (Phi) is 3.69. The minimum atomic E-state index is -4.05. The van der Waals surface area contributed by atoms with Crippen LogP contribution in [0.25, 0.3) is 0 Å². The van der Waals surface area contributed by atoms with Crippen LogP contribution in [0, 0.1) is 5.41 Å². The molecule has 2 aliphatic rings. The van der Waals surface area contributed by atoms with Gasteiger partial charge in [-0.15, -0.1) is 0 Å². The summed E-state index contributed by atoms with van der Waals surface area (Å²) in [7, 11) is 0. The molecule has 2 fully saturated rings. The molecule has 0 amide bonds. The van der Waals surface area contributed by atoms with Gasteiger partial charge in [0.25, 0.3) is 0 Å². The topological polar surface area (TPSA) is 15.3 Å². The highest BCUT2D eigenvalue weighted by molar-refractivity contribution is 4.92. The molecule has 1 saturated carbocycles. The molecule has 0 unspecified atom stereocenters. The van der Waals surface area contributed by atoms with E-state index in [2.05, 4.69) is 12.2 Å². The van der Waals surface area contributed by atoms with E-state index in [0.29, 0.717) is 24.5 Å². The van der Waals surface area contributed by atoms with E-state index < -0.39 is 12.7 Å². The van der Waals surface area contributed by atoms with Gasteiger partial charge in [0.1, 0.15) is 0 Å². The van der Waals surface area contributed by atoms with Crippen LogP contribution in [0.4, 0.5) is 13.2 Å². The van der Waals surface area contributed by atoms with Gasteiger partial charge >= 0.3 is 6.18 Å². The SMILES string of the molecule is CC1(CNC2CCN(CC(F)(F)F)CC2)CC1. The molecule has 1 aliphatic carbocycles. The fraction of sp³-hybridized carbons (Fsp3) is 1.00. The lowest BCUT2D eigenvalue weighted by Crippen LogP contribution is -2.46. The average Bonchev–Trinajstić information content (AvgIpc) is 2.94. The first kappa shape index (κ1) is 13.1. The van der Waals surface area contributed by atoms with E-state index in [1.165, 1.54) is 17.7 Å². The van der Waals surface area contributed by atoms with Crippen LogP contribution < -0.4 is 5.32 Å². The lowest BCUT2D eigenvalue weighted by atomic mass is 10.0. The van der Waals surface area contributed by atoms with Gasteiger partial charge in [0, 0.05) is 12.6 Å². The minimum Gasteiger partial charge on any atom is -0.313 e. The van der Waals surface area contributed by atoms with E-state index in [0.717, 1.165) is 19.4 Å². The smallest absolute Gasteiger partial charge is 0.313 e. The van der Waals surface area contributed by atoms with Crippen molar-refractivity contribution >= 4 is 0 Å². The molecule has 0 aromatic heterocycles. The zero-order chi connectivity index (χ0) is 12.5. The number of alkyl halides is 3. The largest absolute Gasteiger partial charge is 0.401 e. The van der Waals surface area contributed by atoms with Crippen molar-refractivity contribution in [3.05, 3.63) is 0 Å². The number of nitrogens with one attached hydrogen (secondary N) is 1. The predicted octanol–water partition coefficient (Wildman–Crippen LogP) is 2.40. The molecule has 0 aromatic rings. The lowest BCUT2D eigenvalue weighted by molar-refractivity contribution is -0.148. The third kappa shape index (κ3) is 4.47. The fourth-order valence-electron chi connectivity index (χ4n) is 2.33. The van der Waals surface area contributed by atoms with Crippen molar-refractivity contribution in [2.75, 3.05) is 26.2 Å². The first-order valence-corrected chi connectivity index (χ1v) is 6.39. The summed E-state index contributed by atoms with van der Waals surface area (Å²) in [5.74, 6) is 0. The molecule has 0 spiro atoms.